The van der Waals surface area contributed by atoms with Gasteiger partial charge in [0.2, 0.25) is 0 Å². The minimum Gasteiger partial charge on any atom is -0.310 e. The Morgan fingerprint density at radius 3 is 3.00 bits per heavy atom. The maximum absolute atomic E-state index is 8.79. The molecule has 1 N–H and O–H groups in total. The van der Waals surface area contributed by atoms with Crippen LogP contribution in [0.3, 0.4) is 0 Å². The lowest BCUT2D eigenvalue weighted by atomic mass is 9.86. The molecule has 0 aromatic rings. The molecule has 0 saturated heterocycles. The van der Waals surface area contributed by atoms with Gasteiger partial charge in [-0.25, -0.2) is 0 Å². The first kappa shape index (κ1) is 10.3. The Hall–Kier alpha value is -0.810. The van der Waals surface area contributed by atoms with Crippen LogP contribution >= 0.6 is 0 Å². The van der Waals surface area contributed by atoms with Crippen molar-refractivity contribution >= 4 is 0 Å². The summed E-state index contributed by atoms with van der Waals surface area (Å²) in [7, 11) is 0. The summed E-state index contributed by atoms with van der Waals surface area (Å²) in [6.07, 6.45) is 4.50. The minimum absolute atomic E-state index is 0.274. The number of nitrogens with one attached hydrogen (secondary N) is 1. The van der Waals surface area contributed by atoms with Crippen molar-refractivity contribution in [2.75, 3.05) is 6.54 Å². The summed E-state index contributed by atoms with van der Waals surface area (Å²) in [5, 5.41) is 12.2. The molecule has 1 saturated carbocycles. The summed E-state index contributed by atoms with van der Waals surface area (Å²) in [5.74, 6) is 0.274. The summed E-state index contributed by atoms with van der Waals surface area (Å²) >= 11 is 0. The third-order valence-corrected chi connectivity index (χ3v) is 2.55. The number of nitrogens with zero attached hydrogens (tertiary/aromatic N) is 1. The van der Waals surface area contributed by atoms with Crippen molar-refractivity contribution in [3.8, 4) is 6.07 Å². The topological polar surface area (TPSA) is 35.8 Å². The number of nitriles is 1. The van der Waals surface area contributed by atoms with Gasteiger partial charge in [-0.15, -0.1) is 0 Å². The lowest BCUT2D eigenvalue weighted by Crippen LogP contribution is -2.34. The Morgan fingerprint density at radius 1 is 1.62 bits per heavy atom. The van der Waals surface area contributed by atoms with E-state index in [1.165, 1.54) is 18.4 Å². The fourth-order valence-corrected chi connectivity index (χ4v) is 1.81. The highest BCUT2D eigenvalue weighted by Crippen LogP contribution is 2.23. The van der Waals surface area contributed by atoms with E-state index in [0.717, 1.165) is 19.4 Å². The second kappa shape index (κ2) is 5.04. The molecule has 1 aliphatic rings. The fraction of sp³-hybridized carbons (Fsp3) is 0.727. The Balaban J connectivity index is 2.27. The zero-order chi connectivity index (χ0) is 9.68. The van der Waals surface area contributed by atoms with E-state index >= 15 is 0 Å². The molecule has 13 heavy (non-hydrogen) atoms. The van der Waals surface area contributed by atoms with E-state index in [9.17, 15) is 0 Å². The summed E-state index contributed by atoms with van der Waals surface area (Å²) in [6.45, 7) is 6.77. The van der Waals surface area contributed by atoms with Gasteiger partial charge in [0.25, 0.3) is 0 Å². The molecular weight excluding hydrogens is 160 g/mol. The van der Waals surface area contributed by atoms with Crippen molar-refractivity contribution in [2.24, 2.45) is 5.92 Å². The molecule has 0 aliphatic heterocycles. The van der Waals surface area contributed by atoms with Gasteiger partial charge < -0.3 is 5.32 Å². The molecule has 1 aliphatic carbocycles. The predicted molar refractivity (Wildman–Crippen MR) is 54.2 cm³/mol. The Kier molecular flexibility index (Phi) is 3.98. The molecule has 2 nitrogen and oxygen atoms in total. The first-order valence-corrected chi connectivity index (χ1v) is 4.99. The van der Waals surface area contributed by atoms with Crippen LogP contribution in [0.1, 0.15) is 32.6 Å². The molecule has 0 heterocycles. The first-order chi connectivity index (χ1) is 6.22. The largest absolute Gasteiger partial charge is 0.310 e. The van der Waals surface area contributed by atoms with Crippen LogP contribution in [-0.4, -0.2) is 12.6 Å². The van der Waals surface area contributed by atoms with Crippen LogP contribution in [-0.2, 0) is 0 Å². The van der Waals surface area contributed by atoms with E-state index in [-0.39, 0.29) is 5.92 Å². The highest BCUT2D eigenvalue weighted by atomic mass is 14.9. The van der Waals surface area contributed by atoms with Gasteiger partial charge in [-0.3, -0.25) is 0 Å². The number of rotatable bonds is 3. The summed E-state index contributed by atoms with van der Waals surface area (Å²) in [5.41, 5.74) is 1.17. The van der Waals surface area contributed by atoms with Crippen LogP contribution in [0.5, 0.6) is 0 Å². The maximum atomic E-state index is 8.79. The molecule has 2 unspecified atom stereocenters. The van der Waals surface area contributed by atoms with Crippen LogP contribution in [0.15, 0.2) is 12.2 Å². The molecule has 0 aromatic carbocycles. The molecule has 2 atom stereocenters. The predicted octanol–water partition coefficient (Wildman–Crippen LogP) is 2.23. The molecule has 0 spiro atoms. The third kappa shape index (κ3) is 3.61. The van der Waals surface area contributed by atoms with Gasteiger partial charge in [0.05, 0.1) is 6.07 Å². The van der Waals surface area contributed by atoms with E-state index in [0.29, 0.717) is 6.04 Å². The van der Waals surface area contributed by atoms with Crippen molar-refractivity contribution in [1.29, 1.82) is 5.26 Å². The molecule has 1 rings (SSSR count). The number of hydrogen-bond acceptors (Lipinski definition) is 2. The minimum atomic E-state index is 0.274. The van der Waals surface area contributed by atoms with Crippen molar-refractivity contribution in [3.05, 3.63) is 12.2 Å². The van der Waals surface area contributed by atoms with E-state index in [4.69, 9.17) is 5.26 Å². The quantitative estimate of drug-likeness (QED) is 0.673. The zero-order valence-electron chi connectivity index (χ0n) is 8.34. The van der Waals surface area contributed by atoms with Gasteiger partial charge in [0.15, 0.2) is 0 Å². The summed E-state index contributed by atoms with van der Waals surface area (Å²) in [6, 6.07) is 2.90. The van der Waals surface area contributed by atoms with Gasteiger partial charge in [-0.1, -0.05) is 18.6 Å². The molecule has 0 radical (unpaired) electrons. The zero-order valence-corrected chi connectivity index (χ0v) is 8.34. The van der Waals surface area contributed by atoms with Gasteiger partial charge in [0, 0.05) is 18.5 Å². The average molecular weight is 178 g/mol. The third-order valence-electron chi connectivity index (χ3n) is 2.55. The van der Waals surface area contributed by atoms with Gasteiger partial charge >= 0.3 is 0 Å². The van der Waals surface area contributed by atoms with Gasteiger partial charge in [0.1, 0.15) is 0 Å². The second-order valence-electron chi connectivity index (χ2n) is 4.03. The average Bonchev–Trinajstić information content (AvgIpc) is 2.15. The van der Waals surface area contributed by atoms with Crippen molar-refractivity contribution in [3.63, 3.8) is 0 Å². The fourth-order valence-electron chi connectivity index (χ4n) is 1.81. The van der Waals surface area contributed by atoms with Crippen LogP contribution in [0.2, 0.25) is 0 Å². The molecule has 2 heteroatoms. The smallest absolute Gasteiger partial charge is 0.0656 e. The normalized spacial score (nSPS) is 28.0. The monoisotopic (exact) mass is 178 g/mol. The molecule has 0 amide bonds. The van der Waals surface area contributed by atoms with Gasteiger partial charge in [-0.2, -0.15) is 5.26 Å². The van der Waals surface area contributed by atoms with Gasteiger partial charge in [-0.05, 0) is 26.2 Å². The lowest BCUT2D eigenvalue weighted by Gasteiger charge is -2.26. The van der Waals surface area contributed by atoms with E-state index < -0.39 is 0 Å². The molecule has 0 bridgehead atoms. The Bertz CT molecular complexity index is 215. The van der Waals surface area contributed by atoms with Crippen molar-refractivity contribution < 1.29 is 0 Å². The molecule has 72 valence electrons. The maximum Gasteiger partial charge on any atom is 0.0656 e. The Labute approximate surface area is 80.6 Å². The van der Waals surface area contributed by atoms with Crippen LogP contribution in [0.25, 0.3) is 0 Å². The Morgan fingerprint density at radius 2 is 2.38 bits per heavy atom. The van der Waals surface area contributed by atoms with Crippen molar-refractivity contribution in [1.82, 2.24) is 5.32 Å². The summed E-state index contributed by atoms with van der Waals surface area (Å²) in [4.78, 5) is 0. The lowest BCUT2D eigenvalue weighted by molar-refractivity contribution is 0.334. The molecule has 1 fully saturated rings. The SMILES string of the molecule is C=C(C)CNC1CCCC(C#N)C1. The van der Waals surface area contributed by atoms with Crippen LogP contribution < -0.4 is 5.32 Å². The van der Waals surface area contributed by atoms with Crippen LogP contribution in [0.4, 0.5) is 0 Å². The molecular formula is C11H18N2. The highest BCUT2D eigenvalue weighted by Gasteiger charge is 2.20. The van der Waals surface area contributed by atoms with Crippen LogP contribution in [0, 0.1) is 17.2 Å². The van der Waals surface area contributed by atoms with Crippen molar-refractivity contribution in [2.45, 2.75) is 38.6 Å². The standard InChI is InChI=1S/C11H18N2/c1-9(2)8-13-11-5-3-4-10(6-11)7-12/h10-11,13H,1,3-6,8H2,2H3. The molecule has 0 aromatic heterocycles. The number of hydrogen-bond donors (Lipinski definition) is 1. The first-order valence-electron chi connectivity index (χ1n) is 4.99. The summed E-state index contributed by atoms with van der Waals surface area (Å²) < 4.78 is 0. The second-order valence-corrected chi connectivity index (χ2v) is 4.03. The van der Waals surface area contributed by atoms with E-state index in [2.05, 4.69) is 18.0 Å². The van der Waals surface area contributed by atoms with E-state index in [1.54, 1.807) is 0 Å². The van der Waals surface area contributed by atoms with E-state index in [1.807, 2.05) is 6.92 Å². The highest BCUT2D eigenvalue weighted by molar-refractivity contribution is 4.95.